The second-order valence-corrected chi connectivity index (χ2v) is 3.53. The Morgan fingerprint density at radius 2 is 1.71 bits per heavy atom. The Hall–Kier alpha value is -2.16. The molecule has 2 aromatic rings. The molecule has 0 aliphatic rings. The summed E-state index contributed by atoms with van der Waals surface area (Å²) < 4.78 is 11.0. The molecule has 0 amide bonds. The van der Waals surface area contributed by atoms with E-state index in [2.05, 4.69) is 5.32 Å². The van der Waals surface area contributed by atoms with E-state index < -0.39 is 0 Å². The van der Waals surface area contributed by atoms with Gasteiger partial charge in [0.15, 0.2) is 0 Å². The molecular formula is C14H15NO2. The number of methoxy groups -OCH3 is 1. The lowest BCUT2D eigenvalue weighted by Gasteiger charge is -2.11. The van der Waals surface area contributed by atoms with Crippen LogP contribution in [0.5, 0.6) is 17.2 Å². The molecule has 0 bridgehead atoms. The van der Waals surface area contributed by atoms with E-state index in [0.29, 0.717) is 0 Å². The number of ether oxygens (including phenoxy) is 2. The van der Waals surface area contributed by atoms with Gasteiger partial charge in [0.05, 0.1) is 12.8 Å². The molecule has 88 valence electrons. The SMILES string of the molecule is CNc1ccccc1Oc1cccc(OC)c1. The minimum atomic E-state index is 0.757. The van der Waals surface area contributed by atoms with E-state index >= 15 is 0 Å². The van der Waals surface area contributed by atoms with Crippen LogP contribution in [-0.2, 0) is 0 Å². The van der Waals surface area contributed by atoms with Gasteiger partial charge in [-0.1, -0.05) is 18.2 Å². The summed E-state index contributed by atoms with van der Waals surface area (Å²) in [7, 11) is 3.51. The number of para-hydroxylation sites is 2. The average molecular weight is 229 g/mol. The number of nitrogens with one attached hydrogen (secondary N) is 1. The van der Waals surface area contributed by atoms with E-state index in [9.17, 15) is 0 Å². The fourth-order valence-electron chi connectivity index (χ4n) is 1.55. The van der Waals surface area contributed by atoms with Crippen LogP contribution in [0.2, 0.25) is 0 Å². The van der Waals surface area contributed by atoms with Gasteiger partial charge in [0.25, 0.3) is 0 Å². The van der Waals surface area contributed by atoms with Gasteiger partial charge in [-0.15, -0.1) is 0 Å². The Morgan fingerprint density at radius 1 is 0.941 bits per heavy atom. The van der Waals surface area contributed by atoms with Crippen molar-refractivity contribution in [1.29, 1.82) is 0 Å². The number of anilines is 1. The second kappa shape index (κ2) is 5.25. The highest BCUT2D eigenvalue weighted by Crippen LogP contribution is 2.30. The Kier molecular flexibility index (Phi) is 3.50. The standard InChI is InChI=1S/C14H15NO2/c1-15-13-8-3-4-9-14(13)17-12-7-5-6-11(10-12)16-2/h3-10,15H,1-2H3. The molecular weight excluding hydrogens is 214 g/mol. The van der Waals surface area contributed by atoms with Crippen molar-refractivity contribution in [1.82, 2.24) is 0 Å². The third-order valence-electron chi connectivity index (χ3n) is 2.43. The van der Waals surface area contributed by atoms with Crippen LogP contribution in [0.4, 0.5) is 5.69 Å². The first-order chi connectivity index (χ1) is 8.33. The molecule has 3 heteroatoms. The normalized spacial score (nSPS) is 9.76. The quantitative estimate of drug-likeness (QED) is 0.870. The number of hydrogen-bond acceptors (Lipinski definition) is 3. The van der Waals surface area contributed by atoms with Crippen molar-refractivity contribution in [3.63, 3.8) is 0 Å². The van der Waals surface area contributed by atoms with Crippen molar-refractivity contribution >= 4 is 5.69 Å². The zero-order valence-corrected chi connectivity index (χ0v) is 9.94. The van der Waals surface area contributed by atoms with Gasteiger partial charge >= 0.3 is 0 Å². The van der Waals surface area contributed by atoms with Gasteiger partial charge in [0.1, 0.15) is 17.2 Å². The summed E-state index contributed by atoms with van der Waals surface area (Å²) in [5, 5.41) is 3.09. The highest BCUT2D eigenvalue weighted by molar-refractivity contribution is 5.57. The van der Waals surface area contributed by atoms with Gasteiger partial charge in [0, 0.05) is 13.1 Å². The molecule has 0 unspecified atom stereocenters. The van der Waals surface area contributed by atoms with Crippen molar-refractivity contribution in [2.45, 2.75) is 0 Å². The predicted octanol–water partition coefficient (Wildman–Crippen LogP) is 3.53. The molecule has 0 fully saturated rings. The Labute approximate surface area is 101 Å². The van der Waals surface area contributed by atoms with Gasteiger partial charge in [0.2, 0.25) is 0 Å². The largest absolute Gasteiger partial charge is 0.497 e. The van der Waals surface area contributed by atoms with Crippen LogP contribution in [0.25, 0.3) is 0 Å². The minimum Gasteiger partial charge on any atom is -0.497 e. The Balaban J connectivity index is 2.24. The average Bonchev–Trinajstić information content (AvgIpc) is 2.39. The van der Waals surface area contributed by atoms with Crippen LogP contribution in [0.15, 0.2) is 48.5 Å². The van der Waals surface area contributed by atoms with Gasteiger partial charge in [-0.25, -0.2) is 0 Å². The number of hydrogen-bond donors (Lipinski definition) is 1. The summed E-state index contributed by atoms with van der Waals surface area (Å²) in [6.07, 6.45) is 0. The van der Waals surface area contributed by atoms with E-state index in [4.69, 9.17) is 9.47 Å². The van der Waals surface area contributed by atoms with Crippen molar-refractivity contribution in [3.8, 4) is 17.2 Å². The van der Waals surface area contributed by atoms with Crippen LogP contribution in [-0.4, -0.2) is 14.2 Å². The maximum Gasteiger partial charge on any atom is 0.150 e. The molecule has 17 heavy (non-hydrogen) atoms. The first kappa shape index (κ1) is 11.3. The maximum absolute atomic E-state index is 5.80. The maximum atomic E-state index is 5.80. The highest BCUT2D eigenvalue weighted by atomic mass is 16.5. The summed E-state index contributed by atoms with van der Waals surface area (Å²) in [6, 6.07) is 15.3. The monoisotopic (exact) mass is 229 g/mol. The predicted molar refractivity (Wildman–Crippen MR) is 69.1 cm³/mol. The van der Waals surface area contributed by atoms with Crippen LogP contribution in [0.3, 0.4) is 0 Å². The van der Waals surface area contributed by atoms with Crippen molar-refractivity contribution in [2.24, 2.45) is 0 Å². The molecule has 2 rings (SSSR count). The third-order valence-corrected chi connectivity index (χ3v) is 2.43. The molecule has 3 nitrogen and oxygen atoms in total. The Bertz CT molecular complexity index is 497. The zero-order valence-electron chi connectivity index (χ0n) is 9.94. The number of rotatable bonds is 4. The fraction of sp³-hybridized carbons (Fsp3) is 0.143. The summed E-state index contributed by atoms with van der Waals surface area (Å²) in [5.41, 5.74) is 0.954. The number of benzene rings is 2. The van der Waals surface area contributed by atoms with E-state index in [1.807, 2.05) is 55.6 Å². The van der Waals surface area contributed by atoms with Crippen molar-refractivity contribution in [3.05, 3.63) is 48.5 Å². The molecule has 2 aromatic carbocycles. The van der Waals surface area contributed by atoms with E-state index in [1.165, 1.54) is 0 Å². The highest BCUT2D eigenvalue weighted by Gasteiger charge is 2.03. The third kappa shape index (κ3) is 2.69. The smallest absolute Gasteiger partial charge is 0.150 e. The fourth-order valence-corrected chi connectivity index (χ4v) is 1.55. The minimum absolute atomic E-state index is 0.757. The molecule has 0 saturated carbocycles. The lowest BCUT2D eigenvalue weighted by Crippen LogP contribution is -1.93. The van der Waals surface area contributed by atoms with Crippen LogP contribution in [0.1, 0.15) is 0 Å². The van der Waals surface area contributed by atoms with Crippen molar-refractivity contribution in [2.75, 3.05) is 19.5 Å². The summed E-state index contributed by atoms with van der Waals surface area (Å²) in [4.78, 5) is 0. The molecule has 0 spiro atoms. The van der Waals surface area contributed by atoms with Crippen LogP contribution < -0.4 is 14.8 Å². The molecule has 0 aromatic heterocycles. The molecule has 0 aliphatic heterocycles. The van der Waals surface area contributed by atoms with Gasteiger partial charge in [-0.2, -0.15) is 0 Å². The van der Waals surface area contributed by atoms with E-state index in [-0.39, 0.29) is 0 Å². The van der Waals surface area contributed by atoms with Gasteiger partial charge in [-0.05, 0) is 24.3 Å². The Morgan fingerprint density at radius 3 is 2.47 bits per heavy atom. The van der Waals surface area contributed by atoms with E-state index in [0.717, 1.165) is 22.9 Å². The topological polar surface area (TPSA) is 30.5 Å². The molecule has 1 N–H and O–H groups in total. The molecule has 0 radical (unpaired) electrons. The molecule has 0 heterocycles. The first-order valence-corrected chi connectivity index (χ1v) is 5.42. The van der Waals surface area contributed by atoms with Gasteiger partial charge in [-0.3, -0.25) is 0 Å². The lowest BCUT2D eigenvalue weighted by atomic mass is 10.3. The zero-order chi connectivity index (χ0) is 12.1. The second-order valence-electron chi connectivity index (χ2n) is 3.53. The summed E-state index contributed by atoms with van der Waals surface area (Å²) in [6.45, 7) is 0. The first-order valence-electron chi connectivity index (χ1n) is 5.42. The van der Waals surface area contributed by atoms with Gasteiger partial charge < -0.3 is 14.8 Å². The van der Waals surface area contributed by atoms with Crippen LogP contribution >= 0.6 is 0 Å². The molecule has 0 saturated heterocycles. The van der Waals surface area contributed by atoms with E-state index in [1.54, 1.807) is 7.11 Å². The summed E-state index contributed by atoms with van der Waals surface area (Å²) >= 11 is 0. The summed E-state index contributed by atoms with van der Waals surface area (Å²) in [5.74, 6) is 2.33. The van der Waals surface area contributed by atoms with Crippen molar-refractivity contribution < 1.29 is 9.47 Å². The lowest BCUT2D eigenvalue weighted by molar-refractivity contribution is 0.409. The molecule has 0 atom stereocenters. The van der Waals surface area contributed by atoms with Crippen LogP contribution in [0, 0.1) is 0 Å². The molecule has 0 aliphatic carbocycles.